The van der Waals surface area contributed by atoms with Crippen molar-refractivity contribution in [1.29, 1.82) is 0 Å². The summed E-state index contributed by atoms with van der Waals surface area (Å²) < 4.78 is 9.90. The topological polar surface area (TPSA) is 72.6 Å². The molecule has 0 aromatic carbocycles. The third kappa shape index (κ3) is 6.84. The van der Waals surface area contributed by atoms with Crippen LogP contribution in [-0.2, 0) is 0 Å². The van der Waals surface area contributed by atoms with Gasteiger partial charge in [-0.3, -0.25) is 0 Å². The van der Waals surface area contributed by atoms with Gasteiger partial charge in [0.05, 0.1) is 12.7 Å². The zero-order chi connectivity index (χ0) is 13.9. The van der Waals surface area contributed by atoms with E-state index in [0.29, 0.717) is 6.61 Å². The number of hydrogen-bond acceptors (Lipinski definition) is 4. The molecular formula is C14H23NO4. The lowest BCUT2D eigenvalue weighted by Gasteiger charge is -2.02. The van der Waals surface area contributed by atoms with Gasteiger partial charge in [-0.15, -0.1) is 0 Å². The molecule has 0 radical (unpaired) electrons. The Labute approximate surface area is 113 Å². The minimum atomic E-state index is -1.13. The van der Waals surface area contributed by atoms with Gasteiger partial charge in [-0.05, 0) is 11.6 Å². The highest BCUT2D eigenvalue weighted by molar-refractivity contribution is 5.84. The van der Waals surface area contributed by atoms with Crippen molar-refractivity contribution in [2.75, 3.05) is 6.61 Å². The average Bonchev–Trinajstić information content (AvgIpc) is 2.86. The molecule has 0 saturated heterocycles. The number of carbonyl (C=O) groups is 1. The molecule has 1 aromatic rings. The second-order valence-corrected chi connectivity index (χ2v) is 4.66. The van der Waals surface area contributed by atoms with Crippen LogP contribution in [0.25, 0.3) is 0 Å². The first kappa shape index (κ1) is 15.5. The predicted molar refractivity (Wildman–Crippen MR) is 71.6 cm³/mol. The minimum absolute atomic E-state index is 0.189. The van der Waals surface area contributed by atoms with E-state index in [1.807, 2.05) is 0 Å². The molecule has 0 fully saturated rings. The Bertz CT molecular complexity index is 362. The van der Waals surface area contributed by atoms with E-state index in [1.54, 1.807) is 0 Å². The summed E-state index contributed by atoms with van der Waals surface area (Å²) in [5, 5.41) is 12.2. The van der Waals surface area contributed by atoms with E-state index in [2.05, 4.69) is 16.6 Å². The summed E-state index contributed by atoms with van der Waals surface area (Å²) in [4.78, 5) is 10.5. The van der Waals surface area contributed by atoms with Gasteiger partial charge in [0.2, 0.25) is 5.76 Å². The van der Waals surface area contributed by atoms with E-state index < -0.39 is 5.97 Å². The molecule has 1 heterocycles. The van der Waals surface area contributed by atoms with Crippen molar-refractivity contribution < 1.29 is 19.2 Å². The fourth-order valence-electron chi connectivity index (χ4n) is 1.84. The molecule has 0 aliphatic carbocycles. The van der Waals surface area contributed by atoms with Gasteiger partial charge in [0.15, 0.2) is 0 Å². The minimum Gasteiger partial charge on any atom is -0.475 e. The number of aromatic carboxylic acids is 1. The van der Waals surface area contributed by atoms with E-state index in [1.165, 1.54) is 44.6 Å². The van der Waals surface area contributed by atoms with Crippen LogP contribution in [0.4, 0.5) is 0 Å². The van der Waals surface area contributed by atoms with Crippen molar-refractivity contribution in [2.24, 2.45) is 0 Å². The zero-order valence-electron chi connectivity index (χ0n) is 11.6. The normalized spacial score (nSPS) is 10.6. The lowest BCUT2D eigenvalue weighted by Crippen LogP contribution is -1.97. The fraction of sp³-hybridized carbons (Fsp3) is 0.714. The van der Waals surface area contributed by atoms with Crippen LogP contribution in [-0.4, -0.2) is 22.8 Å². The van der Waals surface area contributed by atoms with E-state index in [0.717, 1.165) is 12.8 Å². The highest BCUT2D eigenvalue weighted by atomic mass is 16.5. The summed E-state index contributed by atoms with van der Waals surface area (Å²) in [5.74, 6) is -1.07. The Kier molecular flexibility index (Phi) is 7.70. The second kappa shape index (κ2) is 9.42. The molecule has 19 heavy (non-hydrogen) atoms. The molecule has 1 aromatic heterocycles. The number of carboxylic acid groups (broad SMARTS) is 1. The van der Waals surface area contributed by atoms with Gasteiger partial charge in [0, 0.05) is 0 Å². The summed E-state index contributed by atoms with van der Waals surface area (Å²) >= 11 is 0. The molecular weight excluding hydrogens is 246 g/mol. The number of aromatic nitrogens is 1. The number of rotatable bonds is 11. The van der Waals surface area contributed by atoms with Crippen molar-refractivity contribution >= 4 is 5.97 Å². The van der Waals surface area contributed by atoms with Gasteiger partial charge >= 0.3 is 5.97 Å². The van der Waals surface area contributed by atoms with E-state index >= 15 is 0 Å². The van der Waals surface area contributed by atoms with Gasteiger partial charge in [0.25, 0.3) is 5.88 Å². The Hall–Kier alpha value is -1.52. The first-order valence-corrected chi connectivity index (χ1v) is 7.07. The number of carboxylic acids is 1. The molecule has 108 valence electrons. The Morgan fingerprint density at radius 1 is 1.21 bits per heavy atom. The lowest BCUT2D eigenvalue weighted by atomic mass is 10.1. The third-order valence-electron chi connectivity index (χ3n) is 2.95. The summed E-state index contributed by atoms with van der Waals surface area (Å²) in [6.45, 7) is 2.78. The van der Waals surface area contributed by atoms with Gasteiger partial charge in [-0.1, -0.05) is 51.9 Å². The van der Waals surface area contributed by atoms with Crippen molar-refractivity contribution in [3.8, 4) is 5.88 Å². The summed E-state index contributed by atoms with van der Waals surface area (Å²) in [5.41, 5.74) is 0. The molecule has 1 N–H and O–H groups in total. The molecule has 5 nitrogen and oxygen atoms in total. The maximum absolute atomic E-state index is 10.5. The first-order chi connectivity index (χ1) is 9.24. The van der Waals surface area contributed by atoms with Crippen LogP contribution in [0.5, 0.6) is 5.88 Å². The number of hydrogen-bond donors (Lipinski definition) is 1. The molecule has 0 atom stereocenters. The summed E-state index contributed by atoms with van der Waals surface area (Å²) in [7, 11) is 0. The second-order valence-electron chi connectivity index (χ2n) is 4.66. The molecule has 0 aliphatic heterocycles. The van der Waals surface area contributed by atoms with E-state index in [-0.39, 0.29) is 11.6 Å². The number of ether oxygens (including phenoxy) is 1. The standard InChI is InChI=1S/C14H23NO4/c1-2-3-4-5-6-7-8-9-10-18-13-11-12(14(16)17)19-15-13/h11H,2-10H2,1H3,(H,16,17). The molecule has 1 rings (SSSR count). The van der Waals surface area contributed by atoms with Gasteiger partial charge in [-0.25, -0.2) is 4.79 Å². The highest BCUT2D eigenvalue weighted by Crippen LogP contribution is 2.12. The zero-order valence-corrected chi connectivity index (χ0v) is 11.6. The van der Waals surface area contributed by atoms with Crippen molar-refractivity contribution in [3.63, 3.8) is 0 Å². The van der Waals surface area contributed by atoms with E-state index in [9.17, 15) is 4.79 Å². The first-order valence-electron chi connectivity index (χ1n) is 7.07. The Balaban J connectivity index is 1.97. The molecule has 0 unspecified atom stereocenters. The molecule has 0 spiro atoms. The fourth-order valence-corrected chi connectivity index (χ4v) is 1.84. The molecule has 0 saturated carbocycles. The average molecular weight is 269 g/mol. The number of nitrogens with zero attached hydrogens (tertiary/aromatic N) is 1. The monoisotopic (exact) mass is 269 g/mol. The predicted octanol–water partition coefficient (Wildman–Crippen LogP) is 3.89. The largest absolute Gasteiger partial charge is 0.475 e. The number of unbranched alkanes of at least 4 members (excludes halogenated alkanes) is 7. The molecule has 5 heteroatoms. The molecule has 0 amide bonds. The van der Waals surface area contributed by atoms with E-state index in [4.69, 9.17) is 9.84 Å². The summed E-state index contributed by atoms with van der Waals surface area (Å²) in [6, 6.07) is 1.30. The molecule has 0 bridgehead atoms. The summed E-state index contributed by atoms with van der Waals surface area (Å²) in [6.07, 6.45) is 9.88. The smallest absolute Gasteiger partial charge is 0.374 e. The lowest BCUT2D eigenvalue weighted by molar-refractivity contribution is 0.0651. The van der Waals surface area contributed by atoms with Crippen LogP contribution < -0.4 is 4.74 Å². The van der Waals surface area contributed by atoms with Crippen LogP contribution in [0.2, 0.25) is 0 Å². The van der Waals surface area contributed by atoms with Crippen LogP contribution in [0.15, 0.2) is 10.6 Å². The van der Waals surface area contributed by atoms with Gasteiger partial charge in [0.1, 0.15) is 0 Å². The van der Waals surface area contributed by atoms with Crippen LogP contribution in [0.3, 0.4) is 0 Å². The van der Waals surface area contributed by atoms with Crippen LogP contribution in [0, 0.1) is 0 Å². The van der Waals surface area contributed by atoms with Crippen LogP contribution in [0.1, 0.15) is 68.8 Å². The SMILES string of the molecule is CCCCCCCCCCOc1cc(C(=O)O)on1. The quantitative estimate of drug-likeness (QED) is 0.617. The van der Waals surface area contributed by atoms with Crippen molar-refractivity contribution in [1.82, 2.24) is 5.16 Å². The van der Waals surface area contributed by atoms with Gasteiger partial charge in [-0.2, -0.15) is 0 Å². The molecule has 0 aliphatic rings. The Morgan fingerprint density at radius 3 is 2.42 bits per heavy atom. The third-order valence-corrected chi connectivity index (χ3v) is 2.95. The maximum Gasteiger partial charge on any atom is 0.374 e. The Morgan fingerprint density at radius 2 is 1.84 bits per heavy atom. The highest BCUT2D eigenvalue weighted by Gasteiger charge is 2.11. The van der Waals surface area contributed by atoms with Crippen LogP contribution >= 0.6 is 0 Å². The van der Waals surface area contributed by atoms with Crippen molar-refractivity contribution in [2.45, 2.75) is 58.3 Å². The van der Waals surface area contributed by atoms with Gasteiger partial charge < -0.3 is 14.4 Å². The maximum atomic E-state index is 10.5. The van der Waals surface area contributed by atoms with Crippen molar-refractivity contribution in [3.05, 3.63) is 11.8 Å².